The number of carbonyl (C=O) groups is 4. The molecule has 0 fully saturated rings. The van der Waals surface area contributed by atoms with Crippen molar-refractivity contribution in [3.05, 3.63) is 88.1 Å². The van der Waals surface area contributed by atoms with Gasteiger partial charge in [0.25, 0.3) is 11.8 Å². The third-order valence-corrected chi connectivity index (χ3v) is 22.0. The number of rotatable bonds is 14. The molecular formula is C48H66N4O9SSi2. The Hall–Kier alpha value is -4.88. The number of thiophene rings is 1. The molecule has 1 aliphatic heterocycles. The summed E-state index contributed by atoms with van der Waals surface area (Å²) in [6, 6.07) is 15.8. The second-order valence-corrected chi connectivity index (χ2v) is 30.6. The minimum absolute atomic E-state index is 0.0120. The van der Waals surface area contributed by atoms with Gasteiger partial charge in [-0.25, -0.2) is 14.6 Å². The van der Waals surface area contributed by atoms with Gasteiger partial charge in [0.05, 0.1) is 26.4 Å². The van der Waals surface area contributed by atoms with Crippen LogP contribution in [-0.2, 0) is 31.3 Å². The Bertz CT molecular complexity index is 2340. The second kappa shape index (κ2) is 19.7. The Morgan fingerprint density at radius 2 is 1.48 bits per heavy atom. The average molecular weight is 931 g/mol. The van der Waals surface area contributed by atoms with Gasteiger partial charge < -0.3 is 39.0 Å². The van der Waals surface area contributed by atoms with E-state index in [4.69, 9.17) is 23.1 Å². The van der Waals surface area contributed by atoms with Crippen LogP contribution in [0.4, 0.5) is 10.5 Å². The summed E-state index contributed by atoms with van der Waals surface area (Å²) in [6.07, 6.45) is -0.272. The van der Waals surface area contributed by atoms with Crippen LogP contribution in [0.2, 0.25) is 36.3 Å². The van der Waals surface area contributed by atoms with E-state index in [0.717, 1.165) is 21.6 Å². The SMILES string of the molecule is COC(=O)c1nc(C(=O)NC[C@H](CO[Si](C)(C)C(C)(C)C)O[Si](C)(C)C(C)(C)C)ccc1-c1cc2c(cc1C(=O)Nc1ccc(CNC(=O)OC(C)(C)C)cc1)-c1sccc1CCO2. The van der Waals surface area contributed by atoms with Crippen LogP contribution in [-0.4, -0.2) is 84.1 Å². The predicted octanol–water partition coefficient (Wildman–Crippen LogP) is 10.6. The normalized spacial score (nSPS) is 13.7. The Labute approximate surface area is 384 Å². The number of nitrogens with zero attached hydrogens (tertiary/aromatic N) is 1. The van der Waals surface area contributed by atoms with Crippen molar-refractivity contribution in [3.63, 3.8) is 0 Å². The molecule has 13 nitrogen and oxygen atoms in total. The number of benzene rings is 2. The zero-order valence-corrected chi connectivity index (χ0v) is 42.7. The highest BCUT2D eigenvalue weighted by molar-refractivity contribution is 7.13. The molecule has 3 amide bonds. The highest BCUT2D eigenvalue weighted by Gasteiger charge is 2.42. The molecule has 5 rings (SSSR count). The van der Waals surface area contributed by atoms with E-state index >= 15 is 0 Å². The molecule has 0 aliphatic carbocycles. The van der Waals surface area contributed by atoms with Gasteiger partial charge >= 0.3 is 12.1 Å². The van der Waals surface area contributed by atoms with Gasteiger partial charge in [-0.3, -0.25) is 9.59 Å². The molecule has 0 bridgehead atoms. The standard InChI is InChI=1S/C48H66N4O9SSi2/c1-46(2,3)60-45(56)50-27-30-15-17-32(18-16-30)51-42(53)36-25-37-39(58-23-21-31-22-24-62-41(31)37)26-35(36)34-19-20-38(52-40(34)44(55)57-10)43(54)49-28-33(61-64(13,14)48(7,8)9)29-59-63(11,12)47(4,5)6/h15-20,22,24-26,33H,21,23,27-29H2,1-14H3,(H,49,54)(H,50,56)(H,51,53)/t33-/m1/s1. The van der Waals surface area contributed by atoms with E-state index in [2.05, 4.69) is 94.7 Å². The van der Waals surface area contributed by atoms with Crippen molar-refractivity contribution in [2.24, 2.45) is 0 Å². The number of hydrogen-bond acceptors (Lipinski definition) is 11. The number of esters is 1. The number of carbonyl (C=O) groups excluding carboxylic acids is 4. The molecule has 0 spiro atoms. The maximum atomic E-state index is 14.4. The number of fused-ring (bicyclic) bond motifs is 3. The molecule has 2 aromatic heterocycles. The first-order valence-electron chi connectivity index (χ1n) is 21.6. The van der Waals surface area contributed by atoms with E-state index in [1.807, 2.05) is 5.38 Å². The van der Waals surface area contributed by atoms with Crippen LogP contribution < -0.4 is 20.7 Å². The summed E-state index contributed by atoms with van der Waals surface area (Å²) >= 11 is 1.56. The van der Waals surface area contributed by atoms with Crippen LogP contribution in [0.1, 0.15) is 105 Å². The summed E-state index contributed by atoms with van der Waals surface area (Å²) in [7, 11) is -3.18. The summed E-state index contributed by atoms with van der Waals surface area (Å²) in [5.74, 6) is -1.21. The molecule has 0 saturated carbocycles. The Morgan fingerprint density at radius 1 is 0.812 bits per heavy atom. The van der Waals surface area contributed by atoms with Gasteiger partial charge in [-0.2, -0.15) is 0 Å². The maximum Gasteiger partial charge on any atom is 0.407 e. The third-order valence-electron chi connectivity index (χ3n) is 12.0. The fourth-order valence-corrected chi connectivity index (χ4v) is 9.67. The zero-order chi connectivity index (χ0) is 47.4. The maximum absolute atomic E-state index is 14.4. The van der Waals surface area contributed by atoms with E-state index in [-0.39, 0.29) is 45.7 Å². The van der Waals surface area contributed by atoms with E-state index < -0.39 is 52.2 Å². The van der Waals surface area contributed by atoms with Gasteiger partial charge in [-0.1, -0.05) is 53.7 Å². The van der Waals surface area contributed by atoms with Gasteiger partial charge in [-0.05, 0) is 116 Å². The van der Waals surface area contributed by atoms with Crippen LogP contribution in [0.5, 0.6) is 5.75 Å². The van der Waals surface area contributed by atoms with Gasteiger partial charge in [-0.15, -0.1) is 11.3 Å². The summed E-state index contributed by atoms with van der Waals surface area (Å²) < 4.78 is 30.2. The third kappa shape index (κ3) is 12.5. The lowest BCUT2D eigenvalue weighted by Gasteiger charge is -2.41. The molecule has 0 radical (unpaired) electrons. The smallest absolute Gasteiger partial charge is 0.407 e. The number of anilines is 1. The van der Waals surface area contributed by atoms with Crippen LogP contribution in [0.25, 0.3) is 21.6 Å². The monoisotopic (exact) mass is 930 g/mol. The molecule has 2 aromatic carbocycles. The minimum Gasteiger partial charge on any atom is -0.493 e. The van der Waals surface area contributed by atoms with Crippen molar-refractivity contribution >= 4 is 57.5 Å². The quantitative estimate of drug-likeness (QED) is 0.0819. The molecule has 16 heteroatoms. The van der Waals surface area contributed by atoms with Crippen LogP contribution >= 0.6 is 11.3 Å². The van der Waals surface area contributed by atoms with Crippen LogP contribution in [0.3, 0.4) is 0 Å². The van der Waals surface area contributed by atoms with E-state index in [9.17, 15) is 19.2 Å². The first-order valence-corrected chi connectivity index (χ1v) is 28.3. The average Bonchev–Trinajstić information content (AvgIpc) is 3.60. The second-order valence-electron chi connectivity index (χ2n) is 20.1. The summed E-state index contributed by atoms with van der Waals surface area (Å²) in [4.78, 5) is 59.7. The van der Waals surface area contributed by atoms with Gasteiger partial charge in [0.2, 0.25) is 0 Å². The van der Waals surface area contributed by atoms with Crippen molar-refractivity contribution in [2.45, 2.75) is 123 Å². The van der Waals surface area contributed by atoms with Crippen molar-refractivity contribution in [3.8, 4) is 27.3 Å². The Morgan fingerprint density at radius 3 is 2.11 bits per heavy atom. The van der Waals surface area contributed by atoms with Crippen molar-refractivity contribution in [1.29, 1.82) is 0 Å². The van der Waals surface area contributed by atoms with Crippen LogP contribution in [0, 0.1) is 0 Å². The van der Waals surface area contributed by atoms with Gasteiger partial charge in [0.15, 0.2) is 22.3 Å². The molecule has 4 aromatic rings. The van der Waals surface area contributed by atoms with Gasteiger partial charge in [0.1, 0.15) is 17.0 Å². The number of nitrogens with one attached hydrogen (secondary N) is 3. The largest absolute Gasteiger partial charge is 0.493 e. The number of methoxy groups -OCH3 is 1. The first kappa shape index (κ1) is 50.1. The molecule has 0 saturated heterocycles. The lowest BCUT2D eigenvalue weighted by Crippen LogP contribution is -2.50. The lowest BCUT2D eigenvalue weighted by molar-refractivity contribution is 0.0522. The molecular weight excluding hydrogens is 865 g/mol. The predicted molar refractivity (Wildman–Crippen MR) is 259 cm³/mol. The van der Waals surface area contributed by atoms with Crippen molar-refractivity contribution in [1.82, 2.24) is 15.6 Å². The van der Waals surface area contributed by atoms with Gasteiger partial charge in [0, 0.05) is 52.3 Å². The summed E-state index contributed by atoms with van der Waals surface area (Å²) in [5.41, 5.74) is 3.26. The lowest BCUT2D eigenvalue weighted by atomic mass is 9.93. The Balaban J connectivity index is 1.47. The highest BCUT2D eigenvalue weighted by atomic mass is 32.1. The number of ether oxygens (including phenoxy) is 3. The summed E-state index contributed by atoms with van der Waals surface area (Å²) in [6.45, 7) is 28.3. The topological polar surface area (TPSA) is 163 Å². The van der Waals surface area contributed by atoms with E-state index in [1.165, 1.54) is 13.2 Å². The van der Waals surface area contributed by atoms with E-state index in [0.29, 0.717) is 36.6 Å². The fourth-order valence-electron chi connectivity index (χ4n) is 6.32. The number of pyridine rings is 1. The van der Waals surface area contributed by atoms with Crippen molar-refractivity contribution < 1.29 is 42.2 Å². The first-order chi connectivity index (χ1) is 29.7. The van der Waals surface area contributed by atoms with Crippen molar-refractivity contribution in [2.75, 3.05) is 32.2 Å². The zero-order valence-electron chi connectivity index (χ0n) is 39.9. The number of amides is 3. The summed E-state index contributed by atoms with van der Waals surface area (Å²) in [5, 5.41) is 10.7. The number of aromatic nitrogens is 1. The molecule has 346 valence electrons. The molecule has 0 unspecified atom stereocenters. The molecule has 1 atom stereocenters. The number of hydrogen-bond donors (Lipinski definition) is 3. The molecule has 3 heterocycles. The molecule has 3 N–H and O–H groups in total. The molecule has 64 heavy (non-hydrogen) atoms. The highest BCUT2D eigenvalue weighted by Crippen LogP contribution is 2.44. The molecule has 1 aliphatic rings. The minimum atomic E-state index is -2.27. The fraction of sp³-hybridized carbons (Fsp3) is 0.479. The Kier molecular flexibility index (Phi) is 15.4. The number of alkyl carbamates (subject to hydrolysis) is 1. The van der Waals surface area contributed by atoms with E-state index in [1.54, 1.807) is 74.6 Å². The van der Waals surface area contributed by atoms with Crippen LogP contribution in [0.15, 0.2) is 60.0 Å².